The maximum absolute atomic E-state index is 11.8. The van der Waals surface area contributed by atoms with Crippen molar-refractivity contribution in [3.63, 3.8) is 0 Å². The molecule has 1 heterocycles. The Balaban J connectivity index is 2.62. The molecule has 1 saturated heterocycles. The number of nitrogens with zero attached hydrogens (tertiary/aromatic N) is 1. The van der Waals surface area contributed by atoms with Gasteiger partial charge >= 0.3 is 5.97 Å². The zero-order valence-electron chi connectivity index (χ0n) is 9.27. The van der Waals surface area contributed by atoms with Crippen LogP contribution in [0.3, 0.4) is 0 Å². The van der Waals surface area contributed by atoms with E-state index in [1.54, 1.807) is 4.90 Å². The zero-order chi connectivity index (χ0) is 11.6. The predicted octanol–water partition coefficient (Wildman–Crippen LogP) is 0.917. The van der Waals surface area contributed by atoms with Crippen LogP contribution in [0.2, 0.25) is 0 Å². The van der Waals surface area contributed by atoms with Crippen molar-refractivity contribution in [2.45, 2.75) is 19.1 Å². The van der Waals surface area contributed by atoms with Crippen LogP contribution in [0.4, 0.5) is 0 Å². The molecule has 0 bridgehead atoms. The smallest absolute Gasteiger partial charge is 0.308 e. The van der Waals surface area contributed by atoms with Crippen LogP contribution in [0.25, 0.3) is 0 Å². The van der Waals surface area contributed by atoms with Crippen LogP contribution in [-0.2, 0) is 9.59 Å². The highest BCUT2D eigenvalue weighted by atomic mass is 32.2. The van der Waals surface area contributed by atoms with E-state index in [0.717, 1.165) is 0 Å². The minimum Gasteiger partial charge on any atom is -0.481 e. The van der Waals surface area contributed by atoms with Gasteiger partial charge in [-0.15, -0.1) is 0 Å². The first kappa shape index (κ1) is 12.4. The van der Waals surface area contributed by atoms with Crippen LogP contribution >= 0.6 is 11.8 Å². The molecule has 1 rings (SSSR count). The van der Waals surface area contributed by atoms with Gasteiger partial charge in [0.05, 0.1) is 11.2 Å². The van der Waals surface area contributed by atoms with E-state index in [2.05, 4.69) is 0 Å². The Morgan fingerprint density at radius 1 is 1.47 bits per heavy atom. The molecule has 0 aromatic carbocycles. The van der Waals surface area contributed by atoms with E-state index in [9.17, 15) is 9.59 Å². The highest BCUT2D eigenvalue weighted by Crippen LogP contribution is 2.25. The van der Waals surface area contributed by atoms with E-state index in [4.69, 9.17) is 5.11 Å². The highest BCUT2D eigenvalue weighted by Gasteiger charge is 2.37. The van der Waals surface area contributed by atoms with Gasteiger partial charge in [-0.25, -0.2) is 0 Å². The first-order valence-corrected chi connectivity index (χ1v) is 6.30. The van der Waals surface area contributed by atoms with Gasteiger partial charge in [-0.1, -0.05) is 6.92 Å². The molecule has 1 N–H and O–H groups in total. The van der Waals surface area contributed by atoms with Crippen LogP contribution in [0, 0.1) is 11.8 Å². The average molecular weight is 231 g/mol. The van der Waals surface area contributed by atoms with Crippen molar-refractivity contribution in [2.75, 3.05) is 19.3 Å². The number of carbonyl (C=O) groups excluding carboxylic acids is 1. The molecular weight excluding hydrogens is 214 g/mol. The predicted molar refractivity (Wildman–Crippen MR) is 59.8 cm³/mol. The van der Waals surface area contributed by atoms with E-state index in [0.29, 0.717) is 13.1 Å². The monoisotopic (exact) mass is 231 g/mol. The van der Waals surface area contributed by atoms with Crippen LogP contribution in [0.5, 0.6) is 0 Å². The maximum atomic E-state index is 11.8. The van der Waals surface area contributed by atoms with E-state index in [-0.39, 0.29) is 17.1 Å². The molecule has 0 aliphatic carbocycles. The normalized spacial score (nSPS) is 27.8. The molecule has 1 fully saturated rings. The number of carbonyl (C=O) groups is 2. The number of thioether (sulfide) groups is 1. The van der Waals surface area contributed by atoms with Gasteiger partial charge < -0.3 is 10.0 Å². The highest BCUT2D eigenvalue weighted by molar-refractivity contribution is 7.99. The van der Waals surface area contributed by atoms with E-state index < -0.39 is 11.9 Å². The SMILES string of the molecule is CSC(C)C(=O)N1C[C@@H](C)[C@H](C(=O)O)C1. The molecule has 3 atom stereocenters. The van der Waals surface area contributed by atoms with Crippen molar-refractivity contribution in [3.8, 4) is 0 Å². The average Bonchev–Trinajstić information content (AvgIpc) is 2.58. The molecule has 1 aliphatic heterocycles. The summed E-state index contributed by atoms with van der Waals surface area (Å²) in [6.07, 6.45) is 1.89. The summed E-state index contributed by atoms with van der Waals surface area (Å²) < 4.78 is 0. The van der Waals surface area contributed by atoms with Crippen LogP contribution in [0.1, 0.15) is 13.8 Å². The largest absolute Gasteiger partial charge is 0.481 e. The Morgan fingerprint density at radius 2 is 2.07 bits per heavy atom. The van der Waals surface area contributed by atoms with Gasteiger partial charge in [0.25, 0.3) is 0 Å². The molecule has 5 heteroatoms. The summed E-state index contributed by atoms with van der Waals surface area (Å²) in [4.78, 5) is 24.3. The molecule has 0 aromatic rings. The van der Waals surface area contributed by atoms with Gasteiger partial charge in [0.15, 0.2) is 0 Å². The van der Waals surface area contributed by atoms with Gasteiger partial charge in [0.2, 0.25) is 5.91 Å². The zero-order valence-corrected chi connectivity index (χ0v) is 10.1. The molecular formula is C10H17NO3S. The summed E-state index contributed by atoms with van der Waals surface area (Å²) in [5.41, 5.74) is 0. The number of aliphatic carboxylic acids is 1. The number of amides is 1. The van der Waals surface area contributed by atoms with Crippen molar-refractivity contribution in [1.29, 1.82) is 0 Å². The van der Waals surface area contributed by atoms with Gasteiger partial charge in [-0.3, -0.25) is 9.59 Å². The first-order chi connectivity index (χ1) is 6.97. The third-order valence-corrected chi connectivity index (χ3v) is 3.85. The Bertz CT molecular complexity index is 269. The fourth-order valence-electron chi connectivity index (χ4n) is 1.83. The summed E-state index contributed by atoms with van der Waals surface area (Å²) >= 11 is 1.49. The molecule has 0 radical (unpaired) electrons. The summed E-state index contributed by atoms with van der Waals surface area (Å²) in [6, 6.07) is 0. The maximum Gasteiger partial charge on any atom is 0.308 e. The molecule has 1 amide bonds. The Labute approximate surface area is 94.0 Å². The molecule has 0 spiro atoms. The van der Waals surface area contributed by atoms with Crippen molar-refractivity contribution >= 4 is 23.6 Å². The molecule has 1 unspecified atom stereocenters. The number of hydrogen-bond donors (Lipinski definition) is 1. The fourth-order valence-corrected chi connectivity index (χ4v) is 2.18. The number of rotatable bonds is 3. The number of hydrogen-bond acceptors (Lipinski definition) is 3. The lowest BCUT2D eigenvalue weighted by atomic mass is 9.99. The molecule has 4 nitrogen and oxygen atoms in total. The van der Waals surface area contributed by atoms with Crippen molar-refractivity contribution < 1.29 is 14.7 Å². The quantitative estimate of drug-likeness (QED) is 0.784. The van der Waals surface area contributed by atoms with Gasteiger partial charge in [0, 0.05) is 13.1 Å². The van der Waals surface area contributed by atoms with E-state index >= 15 is 0 Å². The van der Waals surface area contributed by atoms with Gasteiger partial charge in [-0.05, 0) is 19.1 Å². The van der Waals surface area contributed by atoms with Crippen LogP contribution in [0.15, 0.2) is 0 Å². The summed E-state index contributed by atoms with van der Waals surface area (Å²) in [6.45, 7) is 4.67. The Hall–Kier alpha value is -0.710. The number of likely N-dealkylation sites (tertiary alicyclic amines) is 1. The third kappa shape index (κ3) is 2.65. The van der Waals surface area contributed by atoms with Gasteiger partial charge in [0.1, 0.15) is 0 Å². The van der Waals surface area contributed by atoms with Gasteiger partial charge in [-0.2, -0.15) is 11.8 Å². The fraction of sp³-hybridized carbons (Fsp3) is 0.800. The molecule has 0 aromatic heterocycles. The number of carboxylic acids is 1. The van der Waals surface area contributed by atoms with Crippen molar-refractivity contribution in [3.05, 3.63) is 0 Å². The second kappa shape index (κ2) is 4.88. The summed E-state index contributed by atoms with van der Waals surface area (Å²) in [5.74, 6) is -1.09. The Morgan fingerprint density at radius 3 is 2.47 bits per heavy atom. The minimum absolute atomic E-state index is 0.0538. The lowest BCUT2D eigenvalue weighted by Crippen LogP contribution is -2.35. The molecule has 86 valence electrons. The van der Waals surface area contributed by atoms with E-state index in [1.165, 1.54) is 11.8 Å². The second-order valence-corrected chi connectivity index (χ2v) is 5.22. The number of carboxylic acid groups (broad SMARTS) is 1. The topological polar surface area (TPSA) is 57.6 Å². The second-order valence-electron chi connectivity index (χ2n) is 4.04. The van der Waals surface area contributed by atoms with Crippen molar-refractivity contribution in [2.24, 2.45) is 11.8 Å². The molecule has 0 saturated carbocycles. The summed E-state index contributed by atoms with van der Waals surface area (Å²) in [5, 5.41) is 8.86. The standard InChI is InChI=1S/C10H17NO3S/c1-6-4-11(5-8(6)10(13)14)9(12)7(2)15-3/h6-8H,4-5H2,1-3H3,(H,13,14)/t6-,7?,8-/m1/s1. The van der Waals surface area contributed by atoms with Crippen LogP contribution in [-0.4, -0.2) is 46.5 Å². The van der Waals surface area contributed by atoms with Crippen LogP contribution < -0.4 is 0 Å². The lowest BCUT2D eigenvalue weighted by Gasteiger charge is -2.19. The summed E-state index contributed by atoms with van der Waals surface area (Å²) in [7, 11) is 0. The lowest BCUT2D eigenvalue weighted by molar-refractivity contribution is -0.142. The van der Waals surface area contributed by atoms with Crippen molar-refractivity contribution in [1.82, 2.24) is 4.90 Å². The third-order valence-electron chi connectivity index (χ3n) is 2.94. The Kier molecular flexibility index (Phi) is 4.02. The molecule has 15 heavy (non-hydrogen) atoms. The molecule has 1 aliphatic rings. The minimum atomic E-state index is -0.797. The first-order valence-electron chi connectivity index (χ1n) is 5.01. The van der Waals surface area contributed by atoms with E-state index in [1.807, 2.05) is 20.1 Å².